The fourth-order valence-corrected chi connectivity index (χ4v) is 3.47. The highest BCUT2D eigenvalue weighted by Gasteiger charge is 2.32. The largest absolute Gasteiger partial charge is 0.356 e. The number of carbonyl (C=O) groups is 1. The quantitative estimate of drug-likeness (QED) is 0.769. The fourth-order valence-electron chi connectivity index (χ4n) is 2.54. The van der Waals surface area contributed by atoms with Crippen molar-refractivity contribution in [1.29, 1.82) is 0 Å². The Morgan fingerprint density at radius 2 is 2.12 bits per heavy atom. The van der Waals surface area contributed by atoms with E-state index in [4.69, 9.17) is 0 Å². The van der Waals surface area contributed by atoms with E-state index in [2.05, 4.69) is 58.6 Å². The number of thiazole rings is 1. The standard InChI is InChI=1S/C17H24N6OS/c1-6-9(2)11-15(24)22-12-13(21-11)18-8-19-14(12)23-16-20-10(7-25-16)17(3,4)5/h7-9,11H,6H2,1-5H3,(H,22,24)(H2,18,19,20,21,23). The lowest BCUT2D eigenvalue weighted by atomic mass is 9.93. The van der Waals surface area contributed by atoms with Gasteiger partial charge in [-0.2, -0.15) is 0 Å². The minimum absolute atomic E-state index is 0.0131. The van der Waals surface area contributed by atoms with Gasteiger partial charge < -0.3 is 16.0 Å². The van der Waals surface area contributed by atoms with Crippen molar-refractivity contribution in [1.82, 2.24) is 15.0 Å². The van der Waals surface area contributed by atoms with E-state index in [1.165, 1.54) is 17.7 Å². The second kappa shape index (κ2) is 6.59. The number of aromatic nitrogens is 3. The minimum atomic E-state index is -0.285. The topological polar surface area (TPSA) is 91.8 Å². The van der Waals surface area contributed by atoms with Crippen molar-refractivity contribution < 1.29 is 4.79 Å². The van der Waals surface area contributed by atoms with E-state index >= 15 is 0 Å². The number of hydrogen-bond acceptors (Lipinski definition) is 7. The van der Waals surface area contributed by atoms with Crippen molar-refractivity contribution >= 4 is 39.7 Å². The summed E-state index contributed by atoms with van der Waals surface area (Å²) in [5.41, 5.74) is 1.57. The van der Waals surface area contributed by atoms with Gasteiger partial charge in [0.1, 0.15) is 18.1 Å². The van der Waals surface area contributed by atoms with Gasteiger partial charge in [-0.25, -0.2) is 15.0 Å². The van der Waals surface area contributed by atoms with Crippen molar-refractivity contribution in [3.8, 4) is 0 Å². The predicted molar refractivity (Wildman–Crippen MR) is 102 cm³/mol. The normalized spacial score (nSPS) is 18.1. The highest BCUT2D eigenvalue weighted by atomic mass is 32.1. The Morgan fingerprint density at radius 3 is 2.76 bits per heavy atom. The van der Waals surface area contributed by atoms with Crippen LogP contribution in [0.2, 0.25) is 0 Å². The molecule has 0 spiro atoms. The van der Waals surface area contributed by atoms with Gasteiger partial charge in [0.25, 0.3) is 0 Å². The summed E-state index contributed by atoms with van der Waals surface area (Å²) in [6.45, 7) is 10.5. The van der Waals surface area contributed by atoms with Crippen LogP contribution in [0.1, 0.15) is 46.7 Å². The lowest BCUT2D eigenvalue weighted by Crippen LogP contribution is -2.43. The van der Waals surface area contributed by atoms with Crippen molar-refractivity contribution in [2.75, 3.05) is 16.0 Å². The number of fused-ring (bicyclic) bond motifs is 1. The van der Waals surface area contributed by atoms with Crippen molar-refractivity contribution in [3.05, 3.63) is 17.4 Å². The molecule has 25 heavy (non-hydrogen) atoms. The Bertz CT molecular complexity index is 782. The molecule has 3 N–H and O–H groups in total. The molecule has 2 aromatic rings. The smallest absolute Gasteiger partial charge is 0.247 e. The van der Waals surface area contributed by atoms with Crippen LogP contribution in [0.4, 0.5) is 22.5 Å². The molecule has 0 bridgehead atoms. The average Bonchev–Trinajstić information content (AvgIpc) is 3.03. The third-order valence-electron chi connectivity index (χ3n) is 4.38. The Balaban J connectivity index is 1.86. The van der Waals surface area contributed by atoms with Gasteiger partial charge in [0, 0.05) is 10.8 Å². The summed E-state index contributed by atoms with van der Waals surface area (Å²) >= 11 is 1.52. The first-order valence-corrected chi connectivity index (χ1v) is 9.33. The molecule has 1 aliphatic rings. The van der Waals surface area contributed by atoms with Crippen LogP contribution in [-0.4, -0.2) is 26.9 Å². The summed E-state index contributed by atoms with van der Waals surface area (Å²) in [7, 11) is 0. The van der Waals surface area contributed by atoms with Gasteiger partial charge in [-0.15, -0.1) is 11.3 Å². The Labute approximate surface area is 151 Å². The van der Waals surface area contributed by atoms with Crippen LogP contribution >= 0.6 is 11.3 Å². The molecule has 2 atom stereocenters. The Morgan fingerprint density at radius 1 is 1.36 bits per heavy atom. The average molecular weight is 360 g/mol. The highest BCUT2D eigenvalue weighted by Crippen LogP contribution is 2.35. The number of anilines is 4. The molecule has 0 fully saturated rings. The minimum Gasteiger partial charge on any atom is -0.356 e. The first-order valence-electron chi connectivity index (χ1n) is 8.45. The van der Waals surface area contributed by atoms with E-state index in [9.17, 15) is 4.79 Å². The SMILES string of the molecule is CCC(C)C1Nc2ncnc(Nc3nc(C(C)(C)C)cs3)c2NC1=O. The fraction of sp³-hybridized carbons (Fsp3) is 0.529. The molecule has 1 aliphatic heterocycles. The van der Waals surface area contributed by atoms with Crippen LogP contribution in [-0.2, 0) is 10.2 Å². The molecule has 0 radical (unpaired) electrons. The molecule has 134 valence electrons. The summed E-state index contributed by atoms with van der Waals surface area (Å²) in [6, 6.07) is -0.285. The molecule has 3 rings (SSSR count). The van der Waals surface area contributed by atoms with Gasteiger partial charge in [-0.1, -0.05) is 41.0 Å². The highest BCUT2D eigenvalue weighted by molar-refractivity contribution is 7.13. The van der Waals surface area contributed by atoms with Gasteiger partial charge >= 0.3 is 0 Å². The maximum Gasteiger partial charge on any atom is 0.247 e. The van der Waals surface area contributed by atoms with Gasteiger partial charge in [0.05, 0.1) is 5.69 Å². The van der Waals surface area contributed by atoms with E-state index in [1.807, 2.05) is 12.3 Å². The zero-order chi connectivity index (χ0) is 18.2. The van der Waals surface area contributed by atoms with Crippen LogP contribution < -0.4 is 16.0 Å². The molecule has 0 saturated heterocycles. The predicted octanol–water partition coefficient (Wildman–Crippen LogP) is 3.75. The zero-order valence-corrected chi connectivity index (χ0v) is 16.0. The van der Waals surface area contributed by atoms with Crippen LogP contribution in [0.5, 0.6) is 0 Å². The van der Waals surface area contributed by atoms with Gasteiger partial charge in [-0.05, 0) is 5.92 Å². The molecule has 0 aromatic carbocycles. The maximum atomic E-state index is 12.4. The second-order valence-electron chi connectivity index (χ2n) is 7.36. The van der Waals surface area contributed by atoms with E-state index in [1.54, 1.807) is 0 Å². The number of amides is 1. The molecule has 7 nitrogen and oxygen atoms in total. The molecular formula is C17H24N6OS. The lowest BCUT2D eigenvalue weighted by Gasteiger charge is -2.30. The van der Waals surface area contributed by atoms with E-state index in [0.29, 0.717) is 17.3 Å². The summed E-state index contributed by atoms with van der Waals surface area (Å²) < 4.78 is 0. The maximum absolute atomic E-state index is 12.4. The molecule has 1 amide bonds. The first-order chi connectivity index (χ1) is 11.8. The number of hydrogen-bond donors (Lipinski definition) is 3. The van der Waals surface area contributed by atoms with Crippen molar-refractivity contribution in [2.24, 2.45) is 5.92 Å². The molecule has 2 aromatic heterocycles. The van der Waals surface area contributed by atoms with Crippen molar-refractivity contribution in [2.45, 2.75) is 52.5 Å². The molecule has 8 heteroatoms. The first kappa shape index (κ1) is 17.6. The zero-order valence-electron chi connectivity index (χ0n) is 15.2. The lowest BCUT2D eigenvalue weighted by molar-refractivity contribution is -0.118. The number of nitrogens with zero attached hydrogens (tertiary/aromatic N) is 3. The van der Waals surface area contributed by atoms with E-state index < -0.39 is 0 Å². The summed E-state index contributed by atoms with van der Waals surface area (Å²) in [5.74, 6) is 1.33. The van der Waals surface area contributed by atoms with Crippen LogP contribution in [0, 0.1) is 5.92 Å². The number of nitrogens with one attached hydrogen (secondary N) is 3. The third-order valence-corrected chi connectivity index (χ3v) is 5.14. The molecule has 0 aliphatic carbocycles. The molecular weight excluding hydrogens is 336 g/mol. The van der Waals surface area contributed by atoms with Crippen LogP contribution in [0.3, 0.4) is 0 Å². The Kier molecular flexibility index (Phi) is 4.64. The van der Waals surface area contributed by atoms with Gasteiger partial charge in [0.15, 0.2) is 16.8 Å². The second-order valence-corrected chi connectivity index (χ2v) is 8.21. The number of rotatable bonds is 4. The molecule has 2 unspecified atom stereocenters. The Hall–Kier alpha value is -2.22. The van der Waals surface area contributed by atoms with E-state index in [0.717, 1.165) is 17.2 Å². The van der Waals surface area contributed by atoms with Crippen molar-refractivity contribution in [3.63, 3.8) is 0 Å². The molecule has 3 heterocycles. The number of carbonyl (C=O) groups excluding carboxylic acids is 1. The summed E-state index contributed by atoms with van der Waals surface area (Å²) in [6.07, 6.45) is 2.39. The van der Waals surface area contributed by atoms with E-state index in [-0.39, 0.29) is 23.3 Å². The molecule has 0 saturated carbocycles. The van der Waals surface area contributed by atoms with Gasteiger partial charge in [-0.3, -0.25) is 4.79 Å². The van der Waals surface area contributed by atoms with Gasteiger partial charge in [0.2, 0.25) is 5.91 Å². The van der Waals surface area contributed by atoms with Crippen LogP contribution in [0.25, 0.3) is 0 Å². The van der Waals surface area contributed by atoms with Crippen LogP contribution in [0.15, 0.2) is 11.7 Å². The summed E-state index contributed by atoms with van der Waals surface area (Å²) in [5, 5.41) is 12.2. The third kappa shape index (κ3) is 3.58. The summed E-state index contributed by atoms with van der Waals surface area (Å²) in [4.78, 5) is 25.6. The monoisotopic (exact) mass is 360 g/mol.